The van der Waals surface area contributed by atoms with E-state index >= 15 is 0 Å². The Morgan fingerprint density at radius 1 is 1.10 bits per heavy atom. The molecule has 0 saturated heterocycles. The third-order valence-corrected chi connectivity index (χ3v) is 7.77. The second kappa shape index (κ2) is 7.55. The predicted molar refractivity (Wildman–Crippen MR) is 118 cm³/mol. The lowest BCUT2D eigenvalue weighted by atomic mass is 10.1. The lowest BCUT2D eigenvalue weighted by molar-refractivity contribution is 0.173. The molecule has 7 nitrogen and oxygen atoms in total. The fraction of sp³-hybridized carbons (Fsp3) is 0.318. The first-order valence-corrected chi connectivity index (χ1v) is 12.1. The van der Waals surface area contributed by atoms with Gasteiger partial charge < -0.3 is 9.47 Å². The zero-order chi connectivity index (χ0) is 21.8. The molecule has 0 N–H and O–H groups in total. The van der Waals surface area contributed by atoms with Gasteiger partial charge in [0.05, 0.1) is 23.7 Å². The minimum absolute atomic E-state index is 0.0534. The number of nitrogens with zero attached hydrogens (tertiary/aromatic N) is 3. The number of para-hydroxylation sites is 1. The highest BCUT2D eigenvalue weighted by Gasteiger charge is 2.36. The van der Waals surface area contributed by atoms with E-state index in [1.807, 2.05) is 61.0 Å². The number of aromatic nitrogens is 2. The molecule has 2 aliphatic rings. The predicted octanol–water partition coefficient (Wildman–Crippen LogP) is 4.22. The summed E-state index contributed by atoms with van der Waals surface area (Å²) in [5.74, 6) is 1.46. The minimum Gasteiger partial charge on any atom is -0.454 e. The van der Waals surface area contributed by atoms with Crippen molar-refractivity contribution in [1.29, 1.82) is 0 Å². The van der Waals surface area contributed by atoms with Gasteiger partial charge in [0.1, 0.15) is 5.69 Å². The van der Waals surface area contributed by atoms with Crippen molar-refractivity contribution < 1.29 is 17.9 Å². The normalized spacial score (nSPS) is 15.6. The molecule has 2 aliphatic heterocycles. The molecule has 162 valence electrons. The van der Waals surface area contributed by atoms with Crippen molar-refractivity contribution in [2.45, 2.75) is 26.9 Å². The average Bonchev–Trinajstić information content (AvgIpc) is 3.41. The van der Waals surface area contributed by atoms with Crippen molar-refractivity contribution >= 4 is 21.6 Å². The Hall–Kier alpha value is -2.55. The van der Waals surface area contributed by atoms with Gasteiger partial charge in [-0.15, -0.1) is 0 Å². The van der Waals surface area contributed by atoms with Gasteiger partial charge in [-0.05, 0) is 30.2 Å². The van der Waals surface area contributed by atoms with Gasteiger partial charge in [-0.1, -0.05) is 43.6 Å². The first-order chi connectivity index (χ1) is 14.8. The summed E-state index contributed by atoms with van der Waals surface area (Å²) in [6.07, 6.45) is 0. The molecule has 31 heavy (non-hydrogen) atoms. The standard InChI is InChI=1S/C22H22ClN3O4S/c1-14(2)12-31(27,28)25-10-17-18(11-25)24-26(21(17)15-6-8-16(23)9-7-15)19-4-3-5-20-22(19)30-13-29-20/h3-9,14H,10-13H2,1-2H3. The van der Waals surface area contributed by atoms with E-state index in [4.69, 9.17) is 26.2 Å². The fourth-order valence-corrected chi connectivity index (χ4v) is 5.90. The van der Waals surface area contributed by atoms with Crippen LogP contribution in [-0.2, 0) is 23.1 Å². The first kappa shape index (κ1) is 20.4. The van der Waals surface area contributed by atoms with Crippen LogP contribution in [0.25, 0.3) is 16.9 Å². The second-order valence-electron chi connectivity index (χ2n) is 8.14. The highest BCUT2D eigenvalue weighted by Crippen LogP contribution is 2.42. The summed E-state index contributed by atoms with van der Waals surface area (Å²) in [6, 6.07) is 13.1. The van der Waals surface area contributed by atoms with Gasteiger partial charge in [0.2, 0.25) is 16.8 Å². The number of hydrogen-bond donors (Lipinski definition) is 0. The van der Waals surface area contributed by atoms with Gasteiger partial charge >= 0.3 is 0 Å². The van der Waals surface area contributed by atoms with E-state index in [-0.39, 0.29) is 31.6 Å². The summed E-state index contributed by atoms with van der Waals surface area (Å²) in [5, 5.41) is 5.45. The summed E-state index contributed by atoms with van der Waals surface area (Å²) in [7, 11) is -3.37. The molecule has 1 aromatic heterocycles. The van der Waals surface area contributed by atoms with Crippen LogP contribution >= 0.6 is 11.6 Å². The summed E-state index contributed by atoms with van der Waals surface area (Å²) >= 11 is 6.11. The number of ether oxygens (including phenoxy) is 2. The topological polar surface area (TPSA) is 73.7 Å². The SMILES string of the molecule is CC(C)CS(=O)(=O)N1Cc2nn(-c3cccc4c3OCO4)c(-c3ccc(Cl)cc3)c2C1. The fourth-order valence-electron chi connectivity index (χ4n) is 4.07. The number of sulfonamides is 1. The molecule has 0 spiro atoms. The monoisotopic (exact) mass is 459 g/mol. The molecule has 0 fully saturated rings. The highest BCUT2D eigenvalue weighted by molar-refractivity contribution is 7.89. The third-order valence-electron chi connectivity index (χ3n) is 5.39. The van der Waals surface area contributed by atoms with Gasteiger partial charge in [0.15, 0.2) is 11.5 Å². The number of rotatable bonds is 5. The zero-order valence-corrected chi connectivity index (χ0v) is 18.8. The minimum atomic E-state index is -3.37. The lowest BCUT2D eigenvalue weighted by Gasteiger charge is -2.18. The van der Waals surface area contributed by atoms with Crippen molar-refractivity contribution in [2.75, 3.05) is 12.5 Å². The van der Waals surface area contributed by atoms with Crippen LogP contribution in [0.5, 0.6) is 11.5 Å². The molecule has 0 bridgehead atoms. The van der Waals surface area contributed by atoms with Gasteiger partial charge in [-0.3, -0.25) is 0 Å². The van der Waals surface area contributed by atoms with Crippen molar-refractivity contribution in [3.63, 3.8) is 0 Å². The molecule has 3 heterocycles. The lowest BCUT2D eigenvalue weighted by Crippen LogP contribution is -2.30. The molecule has 0 radical (unpaired) electrons. The van der Waals surface area contributed by atoms with Gasteiger partial charge in [0, 0.05) is 22.7 Å². The maximum absolute atomic E-state index is 12.8. The Morgan fingerprint density at radius 3 is 2.61 bits per heavy atom. The number of halogens is 1. The van der Waals surface area contributed by atoms with Crippen LogP contribution in [0.1, 0.15) is 25.1 Å². The Bertz CT molecular complexity index is 1250. The van der Waals surface area contributed by atoms with Crippen molar-refractivity contribution in [3.05, 3.63) is 58.7 Å². The third kappa shape index (κ3) is 3.58. The van der Waals surface area contributed by atoms with E-state index in [1.165, 1.54) is 4.31 Å². The molecule has 0 amide bonds. The number of benzene rings is 2. The quantitative estimate of drug-likeness (QED) is 0.571. The van der Waals surface area contributed by atoms with Crippen LogP contribution < -0.4 is 9.47 Å². The van der Waals surface area contributed by atoms with Crippen LogP contribution in [0.3, 0.4) is 0 Å². The Morgan fingerprint density at radius 2 is 1.87 bits per heavy atom. The second-order valence-corrected chi connectivity index (χ2v) is 10.6. The van der Waals surface area contributed by atoms with Crippen molar-refractivity contribution in [1.82, 2.24) is 14.1 Å². The van der Waals surface area contributed by atoms with E-state index in [9.17, 15) is 8.42 Å². The highest BCUT2D eigenvalue weighted by atomic mass is 35.5. The maximum Gasteiger partial charge on any atom is 0.231 e. The summed E-state index contributed by atoms with van der Waals surface area (Å²) in [4.78, 5) is 0. The van der Waals surface area contributed by atoms with Crippen molar-refractivity contribution in [3.8, 4) is 28.4 Å². The summed E-state index contributed by atoms with van der Waals surface area (Å²) < 4.78 is 40.3. The molecule has 9 heteroatoms. The van der Waals surface area contributed by atoms with Crippen LogP contribution in [0.4, 0.5) is 0 Å². The van der Waals surface area contributed by atoms with Gasteiger partial charge in [-0.2, -0.15) is 9.40 Å². The molecule has 0 saturated carbocycles. The Kier molecular flexibility index (Phi) is 4.96. The first-order valence-electron chi connectivity index (χ1n) is 10.1. The largest absolute Gasteiger partial charge is 0.454 e. The summed E-state index contributed by atoms with van der Waals surface area (Å²) in [6.45, 7) is 4.51. The molecular weight excluding hydrogens is 438 g/mol. The number of hydrogen-bond acceptors (Lipinski definition) is 5. The van der Waals surface area contributed by atoms with Crippen LogP contribution in [0.15, 0.2) is 42.5 Å². The van der Waals surface area contributed by atoms with Gasteiger partial charge in [-0.25, -0.2) is 13.1 Å². The van der Waals surface area contributed by atoms with E-state index in [0.29, 0.717) is 16.5 Å². The Labute approximate surface area is 186 Å². The molecule has 2 aromatic carbocycles. The number of fused-ring (bicyclic) bond motifs is 2. The Balaban J connectivity index is 1.64. The van der Waals surface area contributed by atoms with Crippen LogP contribution in [-0.4, -0.2) is 35.0 Å². The maximum atomic E-state index is 12.8. The van der Waals surface area contributed by atoms with E-state index in [1.54, 1.807) is 0 Å². The van der Waals surface area contributed by atoms with E-state index in [2.05, 4.69) is 0 Å². The van der Waals surface area contributed by atoms with Gasteiger partial charge in [0.25, 0.3) is 0 Å². The molecular formula is C22H22ClN3O4S. The van der Waals surface area contributed by atoms with E-state index in [0.717, 1.165) is 28.2 Å². The molecule has 0 unspecified atom stereocenters. The zero-order valence-electron chi connectivity index (χ0n) is 17.2. The molecule has 0 aliphatic carbocycles. The van der Waals surface area contributed by atoms with Crippen molar-refractivity contribution in [2.24, 2.45) is 5.92 Å². The molecule has 3 aromatic rings. The average molecular weight is 460 g/mol. The molecule has 0 atom stereocenters. The molecule has 5 rings (SSSR count). The van der Waals surface area contributed by atoms with E-state index < -0.39 is 10.0 Å². The van der Waals surface area contributed by atoms with Crippen LogP contribution in [0, 0.1) is 5.92 Å². The van der Waals surface area contributed by atoms with Crippen LogP contribution in [0.2, 0.25) is 5.02 Å². The smallest absolute Gasteiger partial charge is 0.231 e. The summed E-state index contributed by atoms with van der Waals surface area (Å²) in [5.41, 5.74) is 4.13.